The zero-order valence-electron chi connectivity index (χ0n) is 23.9. The van der Waals surface area contributed by atoms with Crippen LogP contribution in [-0.4, -0.2) is 33.1 Å². The number of nitrogens with zero attached hydrogens (tertiary/aromatic N) is 1. The summed E-state index contributed by atoms with van der Waals surface area (Å²) in [6.07, 6.45) is 6.00. The number of carboxylic acids is 1. The number of aliphatic hydroxyl groups is 1. The van der Waals surface area contributed by atoms with E-state index >= 15 is 0 Å². The first-order valence-electron chi connectivity index (χ1n) is 12.6. The second-order valence-electron chi connectivity index (χ2n) is 11.8. The Labute approximate surface area is 222 Å². The third-order valence-electron chi connectivity index (χ3n) is 5.65. The molecule has 6 heteroatoms. The van der Waals surface area contributed by atoms with Crippen LogP contribution in [0.1, 0.15) is 86.9 Å². The van der Waals surface area contributed by atoms with Gasteiger partial charge in [-0.15, -0.1) is 0 Å². The summed E-state index contributed by atoms with van der Waals surface area (Å²) in [5.74, 6) is -0.988. The van der Waals surface area contributed by atoms with Crippen LogP contribution in [0.15, 0.2) is 30.3 Å². The Morgan fingerprint density at radius 2 is 1.57 bits per heavy atom. The largest absolute Gasteiger partial charge is 0.481 e. The lowest BCUT2D eigenvalue weighted by Gasteiger charge is -2.18. The van der Waals surface area contributed by atoms with Crippen molar-refractivity contribution in [2.75, 3.05) is 0 Å². The van der Waals surface area contributed by atoms with E-state index in [4.69, 9.17) is 5.11 Å². The molecule has 0 spiro atoms. The predicted octanol–water partition coefficient (Wildman–Crippen LogP) is 6.76. The third kappa shape index (κ3) is 11.7. The number of aliphatic carboxylic acids is 1. The quantitative estimate of drug-likeness (QED) is 0.433. The summed E-state index contributed by atoms with van der Waals surface area (Å²) in [6.45, 7) is 18.8. The molecule has 0 bridgehead atoms. The van der Waals surface area contributed by atoms with Gasteiger partial charge in [-0.05, 0) is 104 Å². The van der Waals surface area contributed by atoms with Gasteiger partial charge < -0.3 is 15.1 Å². The Balaban J connectivity index is 0.000000430. The second-order valence-corrected chi connectivity index (χ2v) is 11.8. The van der Waals surface area contributed by atoms with Gasteiger partial charge in [0.05, 0.1) is 12.0 Å². The number of carbonyl (C=O) groups is 2. The fourth-order valence-electron chi connectivity index (χ4n) is 3.93. The van der Waals surface area contributed by atoms with Gasteiger partial charge in [-0.1, -0.05) is 45.1 Å². The van der Waals surface area contributed by atoms with Gasteiger partial charge in [0, 0.05) is 13.1 Å². The van der Waals surface area contributed by atoms with Gasteiger partial charge in [-0.3, -0.25) is 9.59 Å². The molecule has 0 fully saturated rings. The Morgan fingerprint density at radius 3 is 1.97 bits per heavy atom. The standard InChI is InChI=1S/C20H27NO3.C7H7F.C4H10O/c1-13-15(7-6-8-20(3,4)5)16(9-19(23)24)14(2)18-11-21(12-22)10-17(13)18;1-6-3-2-4-7(8)5-6;1-4(2,3)5/h6-7,12H,8-11H2,1-5H3,(H,23,24);2-5H,1H3;5H,1-3H3/b7-6+;;. The Morgan fingerprint density at radius 1 is 1.03 bits per heavy atom. The Bertz CT molecular complexity index is 1080. The molecule has 1 heterocycles. The van der Waals surface area contributed by atoms with E-state index in [0.29, 0.717) is 13.1 Å². The van der Waals surface area contributed by atoms with Gasteiger partial charge >= 0.3 is 5.97 Å². The van der Waals surface area contributed by atoms with Crippen molar-refractivity contribution >= 4 is 18.5 Å². The van der Waals surface area contributed by atoms with E-state index in [1.165, 1.54) is 17.7 Å². The summed E-state index contributed by atoms with van der Waals surface area (Å²) < 4.78 is 12.2. The first-order chi connectivity index (χ1) is 16.9. The minimum atomic E-state index is -0.826. The lowest BCUT2D eigenvalue weighted by Crippen LogP contribution is -2.13. The van der Waals surface area contributed by atoms with Crippen molar-refractivity contribution in [2.24, 2.45) is 5.41 Å². The molecule has 0 unspecified atom stereocenters. The molecule has 5 nitrogen and oxygen atoms in total. The SMILES string of the molecule is CC(C)(C)O.Cc1c(/C=C/CC(C)(C)C)c(CC(=O)O)c(C)c2c1CN(C=O)C2.Cc1cccc(F)c1. The average Bonchev–Trinajstić information content (AvgIpc) is 3.17. The van der Waals surface area contributed by atoms with Gasteiger partial charge in [-0.25, -0.2) is 4.39 Å². The summed E-state index contributed by atoms with van der Waals surface area (Å²) in [6, 6.07) is 6.50. The van der Waals surface area contributed by atoms with Crippen LogP contribution < -0.4 is 0 Å². The number of rotatable bonds is 5. The number of hydrogen-bond acceptors (Lipinski definition) is 3. The molecule has 0 radical (unpaired) electrons. The monoisotopic (exact) mass is 513 g/mol. The fourth-order valence-corrected chi connectivity index (χ4v) is 3.93. The summed E-state index contributed by atoms with van der Waals surface area (Å²) in [7, 11) is 0. The van der Waals surface area contributed by atoms with Crippen LogP contribution in [0.5, 0.6) is 0 Å². The lowest BCUT2D eigenvalue weighted by molar-refractivity contribution is -0.136. The molecule has 0 aromatic heterocycles. The Hall–Kier alpha value is -2.99. The number of carboxylic acid groups (broad SMARTS) is 1. The van der Waals surface area contributed by atoms with Crippen LogP contribution in [0.4, 0.5) is 4.39 Å². The first-order valence-corrected chi connectivity index (χ1v) is 12.6. The van der Waals surface area contributed by atoms with Crippen molar-refractivity contribution in [2.45, 2.75) is 93.8 Å². The average molecular weight is 514 g/mol. The number of fused-ring (bicyclic) bond motifs is 1. The third-order valence-corrected chi connectivity index (χ3v) is 5.65. The van der Waals surface area contributed by atoms with Crippen molar-refractivity contribution in [3.63, 3.8) is 0 Å². The maximum absolute atomic E-state index is 12.2. The zero-order valence-corrected chi connectivity index (χ0v) is 23.9. The summed E-state index contributed by atoms with van der Waals surface area (Å²) in [4.78, 5) is 24.2. The van der Waals surface area contributed by atoms with Crippen LogP contribution in [0.25, 0.3) is 6.08 Å². The number of aryl methyl sites for hydroxylation is 1. The zero-order chi connectivity index (χ0) is 28.6. The van der Waals surface area contributed by atoms with Crippen LogP contribution in [0.3, 0.4) is 0 Å². The molecular formula is C31H44FNO4. The number of amides is 1. The van der Waals surface area contributed by atoms with Gasteiger partial charge in [0.2, 0.25) is 6.41 Å². The number of hydrogen-bond donors (Lipinski definition) is 2. The second kappa shape index (κ2) is 13.5. The van der Waals surface area contributed by atoms with Crippen molar-refractivity contribution in [1.29, 1.82) is 0 Å². The fraction of sp³-hybridized carbons (Fsp3) is 0.484. The van der Waals surface area contributed by atoms with Gasteiger partial charge in [0.15, 0.2) is 0 Å². The molecule has 204 valence electrons. The van der Waals surface area contributed by atoms with Crippen LogP contribution in [-0.2, 0) is 29.1 Å². The first kappa shape index (κ1) is 32.0. The molecule has 2 aromatic rings. The highest BCUT2D eigenvalue weighted by atomic mass is 19.1. The number of allylic oxidation sites excluding steroid dienone is 1. The van der Waals surface area contributed by atoms with Gasteiger partial charge in [0.25, 0.3) is 0 Å². The Kier molecular flexibility index (Phi) is 11.7. The minimum absolute atomic E-state index is 0.0102. The highest BCUT2D eigenvalue weighted by Gasteiger charge is 2.26. The van der Waals surface area contributed by atoms with E-state index in [-0.39, 0.29) is 17.7 Å². The summed E-state index contributed by atoms with van der Waals surface area (Å²) >= 11 is 0. The van der Waals surface area contributed by atoms with Crippen molar-refractivity contribution in [3.8, 4) is 0 Å². The van der Waals surface area contributed by atoms with Gasteiger partial charge in [0.1, 0.15) is 5.82 Å². The number of halogens is 1. The topological polar surface area (TPSA) is 77.8 Å². The number of benzene rings is 2. The molecule has 0 saturated heterocycles. The molecule has 2 N–H and O–H groups in total. The number of carbonyl (C=O) groups excluding carboxylic acids is 1. The maximum atomic E-state index is 12.2. The minimum Gasteiger partial charge on any atom is -0.481 e. The van der Waals surface area contributed by atoms with Crippen LogP contribution in [0, 0.1) is 32.0 Å². The predicted molar refractivity (Wildman–Crippen MR) is 149 cm³/mol. The highest BCUT2D eigenvalue weighted by molar-refractivity contribution is 5.76. The lowest BCUT2D eigenvalue weighted by atomic mass is 9.86. The molecule has 0 atom stereocenters. The van der Waals surface area contributed by atoms with Crippen molar-refractivity contribution in [3.05, 3.63) is 75.1 Å². The van der Waals surface area contributed by atoms with E-state index < -0.39 is 11.6 Å². The molecule has 1 aliphatic heterocycles. The van der Waals surface area contributed by atoms with Crippen molar-refractivity contribution < 1.29 is 24.2 Å². The molecular weight excluding hydrogens is 469 g/mol. The summed E-state index contributed by atoms with van der Waals surface area (Å²) in [5, 5.41) is 17.8. The molecule has 0 aliphatic carbocycles. The van der Waals surface area contributed by atoms with Crippen molar-refractivity contribution in [1.82, 2.24) is 4.90 Å². The van der Waals surface area contributed by atoms with E-state index in [1.54, 1.807) is 31.7 Å². The molecule has 3 rings (SSSR count). The maximum Gasteiger partial charge on any atom is 0.307 e. The molecule has 2 aromatic carbocycles. The van der Waals surface area contributed by atoms with E-state index in [1.807, 2.05) is 26.8 Å². The normalized spacial score (nSPS) is 12.9. The smallest absolute Gasteiger partial charge is 0.307 e. The molecule has 0 saturated carbocycles. The molecule has 37 heavy (non-hydrogen) atoms. The van der Waals surface area contributed by atoms with E-state index in [0.717, 1.165) is 46.2 Å². The van der Waals surface area contributed by atoms with Crippen LogP contribution in [0.2, 0.25) is 0 Å². The highest BCUT2D eigenvalue weighted by Crippen LogP contribution is 2.35. The molecule has 1 amide bonds. The van der Waals surface area contributed by atoms with Crippen LogP contribution >= 0.6 is 0 Å². The van der Waals surface area contributed by atoms with E-state index in [2.05, 4.69) is 32.9 Å². The molecule has 1 aliphatic rings. The van der Waals surface area contributed by atoms with E-state index in [9.17, 15) is 19.1 Å². The van der Waals surface area contributed by atoms with Gasteiger partial charge in [-0.2, -0.15) is 0 Å². The summed E-state index contributed by atoms with van der Waals surface area (Å²) in [5.41, 5.74) is 6.93.